The first-order valence-electron chi connectivity index (χ1n) is 5.20. The Morgan fingerprint density at radius 1 is 1.33 bits per heavy atom. The highest BCUT2D eigenvalue weighted by Gasteiger charge is 2.34. The van der Waals surface area contributed by atoms with Gasteiger partial charge in [0.2, 0.25) is 0 Å². The molecule has 0 unspecified atom stereocenters. The van der Waals surface area contributed by atoms with Gasteiger partial charge >= 0.3 is 0 Å². The summed E-state index contributed by atoms with van der Waals surface area (Å²) in [5.74, 6) is 0.761. The van der Waals surface area contributed by atoms with Crippen LogP contribution in [0.5, 0.6) is 5.75 Å². The summed E-state index contributed by atoms with van der Waals surface area (Å²) in [5.41, 5.74) is 8.10. The van der Waals surface area contributed by atoms with Gasteiger partial charge in [0.25, 0.3) is 0 Å². The van der Waals surface area contributed by atoms with Crippen molar-refractivity contribution in [1.82, 2.24) is 0 Å². The molecule has 0 spiro atoms. The van der Waals surface area contributed by atoms with E-state index in [-0.39, 0.29) is 0 Å². The van der Waals surface area contributed by atoms with E-state index in [2.05, 4.69) is 18.7 Å². The van der Waals surface area contributed by atoms with Crippen LogP contribution in [-0.4, -0.2) is 20.2 Å². The van der Waals surface area contributed by atoms with Gasteiger partial charge in [0.05, 0.1) is 12.8 Å². The van der Waals surface area contributed by atoms with E-state index in [1.54, 1.807) is 7.11 Å². The summed E-state index contributed by atoms with van der Waals surface area (Å²) in [7, 11) is 1.65. The number of rotatable bonds is 2. The highest BCUT2D eigenvalue weighted by molar-refractivity contribution is 5.63. The first kappa shape index (κ1) is 10.1. The molecule has 0 saturated carbocycles. The zero-order valence-electron chi connectivity index (χ0n) is 9.58. The van der Waals surface area contributed by atoms with Gasteiger partial charge in [-0.3, -0.25) is 0 Å². The molecule has 0 aliphatic carbocycles. The number of methoxy groups -OCH3 is 1. The third-order valence-corrected chi connectivity index (χ3v) is 2.82. The molecule has 2 rings (SSSR count). The maximum absolute atomic E-state index is 5.77. The van der Waals surface area contributed by atoms with Crippen molar-refractivity contribution in [3.8, 4) is 5.75 Å². The summed E-state index contributed by atoms with van der Waals surface area (Å²) >= 11 is 0. The van der Waals surface area contributed by atoms with Gasteiger partial charge in [-0.15, -0.1) is 0 Å². The Morgan fingerprint density at radius 2 is 2.00 bits per heavy atom. The van der Waals surface area contributed by atoms with Gasteiger partial charge in [0, 0.05) is 24.8 Å². The number of nitrogens with two attached hydrogens (primary N) is 1. The monoisotopic (exact) mass is 206 g/mol. The van der Waals surface area contributed by atoms with Gasteiger partial charge in [-0.05, 0) is 17.5 Å². The normalized spacial score (nSPS) is 18.5. The van der Waals surface area contributed by atoms with Crippen LogP contribution in [0.1, 0.15) is 13.8 Å². The molecule has 1 aromatic rings. The Morgan fingerprint density at radius 3 is 2.53 bits per heavy atom. The quantitative estimate of drug-likeness (QED) is 0.753. The van der Waals surface area contributed by atoms with E-state index < -0.39 is 0 Å². The average molecular weight is 206 g/mol. The van der Waals surface area contributed by atoms with E-state index in [0.29, 0.717) is 11.1 Å². The Bertz CT molecular complexity index is 366. The number of hydrogen-bond acceptors (Lipinski definition) is 3. The molecule has 1 aliphatic heterocycles. The van der Waals surface area contributed by atoms with E-state index in [1.807, 2.05) is 18.2 Å². The maximum Gasteiger partial charge on any atom is 0.143 e. The largest absolute Gasteiger partial charge is 0.495 e. The molecule has 0 amide bonds. The predicted molar refractivity (Wildman–Crippen MR) is 63.4 cm³/mol. The second kappa shape index (κ2) is 3.33. The number of ether oxygens (including phenoxy) is 1. The molecule has 1 aromatic carbocycles. The Labute approximate surface area is 90.8 Å². The van der Waals surface area contributed by atoms with E-state index in [1.165, 1.54) is 5.69 Å². The van der Waals surface area contributed by atoms with Crippen molar-refractivity contribution in [1.29, 1.82) is 0 Å². The second-order valence-electron chi connectivity index (χ2n) is 4.95. The Kier molecular flexibility index (Phi) is 2.25. The molecule has 1 fully saturated rings. The Hall–Kier alpha value is -1.38. The first-order valence-corrected chi connectivity index (χ1v) is 5.20. The van der Waals surface area contributed by atoms with Crippen LogP contribution in [0.15, 0.2) is 18.2 Å². The van der Waals surface area contributed by atoms with Gasteiger partial charge < -0.3 is 15.4 Å². The van der Waals surface area contributed by atoms with Crippen molar-refractivity contribution in [2.75, 3.05) is 30.8 Å². The molecule has 1 saturated heterocycles. The van der Waals surface area contributed by atoms with E-state index >= 15 is 0 Å². The summed E-state index contributed by atoms with van der Waals surface area (Å²) in [6, 6.07) is 5.96. The highest BCUT2D eigenvalue weighted by atomic mass is 16.5. The molecule has 3 nitrogen and oxygen atoms in total. The summed E-state index contributed by atoms with van der Waals surface area (Å²) in [6.45, 7) is 6.75. The topological polar surface area (TPSA) is 38.5 Å². The second-order valence-corrected chi connectivity index (χ2v) is 4.95. The lowest BCUT2D eigenvalue weighted by Crippen LogP contribution is -2.53. The van der Waals surface area contributed by atoms with Crippen LogP contribution in [0.25, 0.3) is 0 Å². The van der Waals surface area contributed by atoms with Crippen molar-refractivity contribution < 1.29 is 4.74 Å². The van der Waals surface area contributed by atoms with Gasteiger partial charge in [0.15, 0.2) is 0 Å². The lowest BCUT2D eigenvalue weighted by atomic mass is 9.84. The van der Waals surface area contributed by atoms with Crippen LogP contribution >= 0.6 is 0 Å². The third kappa shape index (κ3) is 1.87. The summed E-state index contributed by atoms with van der Waals surface area (Å²) in [4.78, 5) is 2.34. The number of nitrogen functional groups attached to an aromatic ring is 1. The fourth-order valence-electron chi connectivity index (χ4n) is 2.07. The molecule has 0 atom stereocenters. The molecule has 15 heavy (non-hydrogen) atoms. The van der Waals surface area contributed by atoms with Crippen LogP contribution < -0.4 is 15.4 Å². The fraction of sp³-hybridized carbons (Fsp3) is 0.500. The molecule has 0 bridgehead atoms. The van der Waals surface area contributed by atoms with Crippen LogP contribution in [0.2, 0.25) is 0 Å². The summed E-state index contributed by atoms with van der Waals surface area (Å²) in [6.07, 6.45) is 0. The SMILES string of the molecule is COc1cc(N2CC(C)(C)C2)ccc1N. The predicted octanol–water partition coefficient (Wildman–Crippen LogP) is 2.12. The van der Waals surface area contributed by atoms with E-state index in [4.69, 9.17) is 10.5 Å². The molecule has 3 heteroatoms. The minimum Gasteiger partial charge on any atom is -0.495 e. The van der Waals surface area contributed by atoms with Crippen molar-refractivity contribution >= 4 is 11.4 Å². The molecule has 82 valence electrons. The van der Waals surface area contributed by atoms with Crippen molar-refractivity contribution in [3.63, 3.8) is 0 Å². The van der Waals surface area contributed by atoms with Gasteiger partial charge in [-0.1, -0.05) is 13.8 Å². The maximum atomic E-state index is 5.77. The molecular formula is C12H18N2O. The number of benzene rings is 1. The van der Waals surface area contributed by atoms with Crippen molar-refractivity contribution in [2.24, 2.45) is 5.41 Å². The van der Waals surface area contributed by atoms with Crippen LogP contribution in [0.4, 0.5) is 11.4 Å². The minimum absolute atomic E-state index is 0.439. The van der Waals surface area contributed by atoms with Gasteiger partial charge in [-0.2, -0.15) is 0 Å². The van der Waals surface area contributed by atoms with Crippen molar-refractivity contribution in [2.45, 2.75) is 13.8 Å². The lowest BCUT2D eigenvalue weighted by molar-refractivity contribution is 0.276. The smallest absolute Gasteiger partial charge is 0.143 e. The number of nitrogens with zero attached hydrogens (tertiary/aromatic N) is 1. The minimum atomic E-state index is 0.439. The lowest BCUT2D eigenvalue weighted by Gasteiger charge is -2.47. The molecular weight excluding hydrogens is 188 g/mol. The molecule has 2 N–H and O–H groups in total. The third-order valence-electron chi connectivity index (χ3n) is 2.82. The van der Waals surface area contributed by atoms with Crippen LogP contribution in [0, 0.1) is 5.41 Å². The first-order chi connectivity index (χ1) is 7.02. The number of hydrogen-bond donors (Lipinski definition) is 1. The molecule has 0 radical (unpaired) electrons. The summed E-state index contributed by atoms with van der Waals surface area (Å²) < 4.78 is 5.20. The molecule has 1 heterocycles. The Balaban J connectivity index is 2.17. The number of anilines is 2. The highest BCUT2D eigenvalue weighted by Crippen LogP contribution is 2.36. The molecule has 1 aliphatic rings. The molecule has 0 aromatic heterocycles. The zero-order valence-corrected chi connectivity index (χ0v) is 9.58. The van der Waals surface area contributed by atoms with Gasteiger partial charge in [0.1, 0.15) is 5.75 Å². The van der Waals surface area contributed by atoms with Crippen LogP contribution in [-0.2, 0) is 0 Å². The standard InChI is InChI=1S/C12H18N2O/c1-12(2)7-14(8-12)9-4-5-10(13)11(6-9)15-3/h4-6H,7-8,13H2,1-3H3. The zero-order chi connectivity index (χ0) is 11.1. The summed E-state index contributed by atoms with van der Waals surface area (Å²) in [5, 5.41) is 0. The van der Waals surface area contributed by atoms with Crippen molar-refractivity contribution in [3.05, 3.63) is 18.2 Å². The van der Waals surface area contributed by atoms with E-state index in [9.17, 15) is 0 Å². The van der Waals surface area contributed by atoms with Gasteiger partial charge in [-0.25, -0.2) is 0 Å². The van der Waals surface area contributed by atoms with Crippen LogP contribution in [0.3, 0.4) is 0 Å². The fourth-order valence-corrected chi connectivity index (χ4v) is 2.07. The average Bonchev–Trinajstić information content (AvgIpc) is 2.15. The van der Waals surface area contributed by atoms with E-state index in [0.717, 1.165) is 18.8 Å².